The molecule has 0 aliphatic rings. The molecule has 21 heavy (non-hydrogen) atoms. The number of hydrogen-bond donors (Lipinski definition) is 0. The first-order valence-electron chi connectivity index (χ1n) is 7.68. The van der Waals surface area contributed by atoms with E-state index in [1.807, 2.05) is 41.5 Å². The van der Waals surface area contributed by atoms with Crippen molar-refractivity contribution in [2.45, 2.75) is 61.8 Å². The van der Waals surface area contributed by atoms with Gasteiger partial charge in [0, 0.05) is 5.92 Å². The number of carbonyl (C=O) groups excluding carboxylic acids is 2. The average Bonchev–Trinajstić information content (AvgIpc) is 2.28. The lowest BCUT2D eigenvalue weighted by molar-refractivity contribution is -0.159. The van der Waals surface area contributed by atoms with E-state index in [1.165, 1.54) is 0 Å². The van der Waals surface area contributed by atoms with Gasteiger partial charge in [-0.15, -0.1) is 0 Å². The molecule has 0 N–H and O–H groups in total. The highest BCUT2D eigenvalue weighted by atomic mass is 16.5. The van der Waals surface area contributed by atoms with Crippen LogP contribution in [0.3, 0.4) is 0 Å². The summed E-state index contributed by atoms with van der Waals surface area (Å²) in [4.78, 5) is 23.6. The first-order chi connectivity index (χ1) is 9.34. The standard InChI is InChI=1S/C17H32O4/c1-12(2)9-13(10-20-14(18)16(3,4)5)11-21-15(19)17(6,7)8/h12-13H,9-11H2,1-8H3. The van der Waals surface area contributed by atoms with Gasteiger partial charge in [-0.2, -0.15) is 0 Å². The molecule has 0 radical (unpaired) electrons. The summed E-state index contributed by atoms with van der Waals surface area (Å²) in [6.45, 7) is 15.8. The molecule has 0 fully saturated rings. The zero-order chi connectivity index (χ0) is 16.8. The Labute approximate surface area is 129 Å². The molecule has 0 aromatic carbocycles. The molecule has 0 spiro atoms. The first-order valence-corrected chi connectivity index (χ1v) is 7.68. The Bertz CT molecular complexity index is 315. The number of esters is 2. The van der Waals surface area contributed by atoms with Crippen LogP contribution in [0.2, 0.25) is 0 Å². The van der Waals surface area contributed by atoms with Crippen molar-refractivity contribution in [2.24, 2.45) is 22.7 Å². The lowest BCUT2D eigenvalue weighted by Gasteiger charge is -2.24. The second kappa shape index (κ2) is 7.81. The number of ether oxygens (including phenoxy) is 2. The van der Waals surface area contributed by atoms with E-state index in [0.29, 0.717) is 19.1 Å². The molecule has 0 aliphatic carbocycles. The molecule has 4 nitrogen and oxygen atoms in total. The summed E-state index contributed by atoms with van der Waals surface area (Å²) >= 11 is 0. The zero-order valence-electron chi connectivity index (χ0n) is 14.9. The fourth-order valence-electron chi connectivity index (χ4n) is 1.67. The minimum atomic E-state index is -0.509. The summed E-state index contributed by atoms with van der Waals surface area (Å²) < 4.78 is 10.7. The Hall–Kier alpha value is -1.06. The summed E-state index contributed by atoms with van der Waals surface area (Å²) in [5.74, 6) is 0.0519. The molecule has 0 aliphatic heterocycles. The minimum Gasteiger partial charge on any atom is -0.465 e. The minimum absolute atomic E-state index is 0.0441. The summed E-state index contributed by atoms with van der Waals surface area (Å²) in [5, 5.41) is 0. The molecule has 0 saturated carbocycles. The zero-order valence-corrected chi connectivity index (χ0v) is 14.9. The van der Waals surface area contributed by atoms with Gasteiger partial charge >= 0.3 is 11.9 Å². The monoisotopic (exact) mass is 300 g/mol. The molecule has 0 atom stereocenters. The maximum absolute atomic E-state index is 11.8. The average molecular weight is 300 g/mol. The summed E-state index contributed by atoms with van der Waals surface area (Å²) in [5.41, 5.74) is -1.02. The molecule has 0 aromatic rings. The van der Waals surface area contributed by atoms with Crippen LogP contribution >= 0.6 is 0 Å². The van der Waals surface area contributed by atoms with Gasteiger partial charge in [0.1, 0.15) is 0 Å². The summed E-state index contributed by atoms with van der Waals surface area (Å²) in [6.07, 6.45) is 0.856. The van der Waals surface area contributed by atoms with Crippen LogP contribution in [0.25, 0.3) is 0 Å². The third-order valence-corrected chi connectivity index (χ3v) is 2.93. The van der Waals surface area contributed by atoms with E-state index >= 15 is 0 Å². The van der Waals surface area contributed by atoms with Crippen LogP contribution in [0.15, 0.2) is 0 Å². The van der Waals surface area contributed by atoms with Gasteiger partial charge in [-0.05, 0) is 53.9 Å². The quantitative estimate of drug-likeness (QED) is 0.700. The van der Waals surface area contributed by atoms with Gasteiger partial charge in [0.25, 0.3) is 0 Å². The van der Waals surface area contributed by atoms with E-state index in [0.717, 1.165) is 6.42 Å². The van der Waals surface area contributed by atoms with Crippen molar-refractivity contribution in [3.8, 4) is 0 Å². The van der Waals surface area contributed by atoms with Gasteiger partial charge in [-0.3, -0.25) is 9.59 Å². The SMILES string of the molecule is CC(C)CC(COC(=O)C(C)(C)C)COC(=O)C(C)(C)C. The molecule has 0 bridgehead atoms. The molecular weight excluding hydrogens is 268 g/mol. The first kappa shape index (κ1) is 19.9. The second-order valence-corrected chi connectivity index (χ2v) is 8.19. The van der Waals surface area contributed by atoms with E-state index in [4.69, 9.17) is 9.47 Å². The number of rotatable bonds is 6. The van der Waals surface area contributed by atoms with Crippen molar-refractivity contribution < 1.29 is 19.1 Å². The van der Waals surface area contributed by atoms with Crippen LogP contribution in [0.4, 0.5) is 0 Å². The van der Waals surface area contributed by atoms with Crippen LogP contribution in [0.1, 0.15) is 61.8 Å². The van der Waals surface area contributed by atoms with Gasteiger partial charge < -0.3 is 9.47 Å². The smallest absolute Gasteiger partial charge is 0.311 e. The van der Waals surface area contributed by atoms with Crippen molar-refractivity contribution in [2.75, 3.05) is 13.2 Å². The Kier molecular flexibility index (Phi) is 7.41. The third kappa shape index (κ3) is 8.74. The van der Waals surface area contributed by atoms with Crippen molar-refractivity contribution in [1.82, 2.24) is 0 Å². The number of carbonyl (C=O) groups is 2. The van der Waals surface area contributed by atoms with Gasteiger partial charge in [0.15, 0.2) is 0 Å². The van der Waals surface area contributed by atoms with Gasteiger partial charge in [0.2, 0.25) is 0 Å². The van der Waals surface area contributed by atoms with Crippen molar-refractivity contribution >= 4 is 11.9 Å². The molecule has 0 rings (SSSR count). The fraction of sp³-hybridized carbons (Fsp3) is 0.882. The van der Waals surface area contributed by atoms with E-state index < -0.39 is 10.8 Å². The molecule has 124 valence electrons. The Morgan fingerprint density at radius 1 is 0.810 bits per heavy atom. The van der Waals surface area contributed by atoms with Gasteiger partial charge in [-0.25, -0.2) is 0 Å². The highest BCUT2D eigenvalue weighted by Crippen LogP contribution is 2.20. The Balaban J connectivity index is 4.47. The maximum atomic E-state index is 11.8. The van der Waals surface area contributed by atoms with E-state index in [-0.39, 0.29) is 17.9 Å². The topological polar surface area (TPSA) is 52.6 Å². The highest BCUT2D eigenvalue weighted by molar-refractivity contribution is 5.75. The molecule has 0 amide bonds. The predicted octanol–water partition coefficient (Wildman–Crippen LogP) is 3.83. The molecular formula is C17H32O4. The van der Waals surface area contributed by atoms with Crippen LogP contribution in [-0.4, -0.2) is 25.2 Å². The summed E-state index contributed by atoms with van der Waals surface area (Å²) in [6, 6.07) is 0. The lowest BCUT2D eigenvalue weighted by atomic mass is 9.96. The maximum Gasteiger partial charge on any atom is 0.311 e. The molecule has 0 unspecified atom stereocenters. The lowest BCUT2D eigenvalue weighted by Crippen LogP contribution is -2.30. The van der Waals surface area contributed by atoms with Crippen molar-refractivity contribution in [1.29, 1.82) is 0 Å². The fourth-order valence-corrected chi connectivity index (χ4v) is 1.67. The second-order valence-electron chi connectivity index (χ2n) is 8.19. The third-order valence-electron chi connectivity index (χ3n) is 2.93. The normalized spacial score (nSPS) is 12.7. The van der Waals surface area contributed by atoms with Crippen LogP contribution in [0.5, 0.6) is 0 Å². The van der Waals surface area contributed by atoms with Gasteiger partial charge in [0.05, 0.1) is 24.0 Å². The van der Waals surface area contributed by atoms with Crippen LogP contribution < -0.4 is 0 Å². The Morgan fingerprint density at radius 3 is 1.38 bits per heavy atom. The Morgan fingerprint density at radius 2 is 1.14 bits per heavy atom. The van der Waals surface area contributed by atoms with E-state index in [1.54, 1.807) is 0 Å². The van der Waals surface area contributed by atoms with Gasteiger partial charge in [-0.1, -0.05) is 13.8 Å². The van der Waals surface area contributed by atoms with E-state index in [2.05, 4.69) is 13.8 Å². The van der Waals surface area contributed by atoms with Crippen LogP contribution in [0, 0.1) is 22.7 Å². The van der Waals surface area contributed by atoms with E-state index in [9.17, 15) is 9.59 Å². The molecule has 4 heteroatoms. The molecule has 0 saturated heterocycles. The largest absolute Gasteiger partial charge is 0.465 e. The number of hydrogen-bond acceptors (Lipinski definition) is 4. The molecule has 0 aromatic heterocycles. The predicted molar refractivity (Wildman–Crippen MR) is 83.8 cm³/mol. The van der Waals surface area contributed by atoms with Crippen molar-refractivity contribution in [3.63, 3.8) is 0 Å². The molecule has 0 heterocycles. The summed E-state index contributed by atoms with van der Waals surface area (Å²) in [7, 11) is 0. The van der Waals surface area contributed by atoms with Crippen molar-refractivity contribution in [3.05, 3.63) is 0 Å². The highest BCUT2D eigenvalue weighted by Gasteiger charge is 2.27. The van der Waals surface area contributed by atoms with Crippen LogP contribution in [-0.2, 0) is 19.1 Å².